The van der Waals surface area contributed by atoms with Crippen LogP contribution in [0.3, 0.4) is 0 Å². The van der Waals surface area contributed by atoms with Crippen molar-refractivity contribution in [3.63, 3.8) is 0 Å². The van der Waals surface area contributed by atoms with Crippen LogP contribution in [-0.2, 0) is 11.3 Å². The van der Waals surface area contributed by atoms with Gasteiger partial charge in [-0.15, -0.1) is 0 Å². The number of halogens is 1. The first-order valence-electron chi connectivity index (χ1n) is 8.13. The Morgan fingerprint density at radius 1 is 1.24 bits per heavy atom. The molecule has 1 heterocycles. The summed E-state index contributed by atoms with van der Waals surface area (Å²) in [6, 6.07) is 12.8. The third kappa shape index (κ3) is 3.94. The van der Waals surface area contributed by atoms with Crippen LogP contribution in [0.25, 0.3) is 11.1 Å². The number of fused-ring (bicyclic) bond motifs is 1. The van der Waals surface area contributed by atoms with Crippen molar-refractivity contribution in [2.75, 3.05) is 5.32 Å². The normalized spacial score (nSPS) is 11.2. The minimum absolute atomic E-state index is 0.156. The first-order chi connectivity index (χ1) is 11.9. The Balaban J connectivity index is 1.70. The maximum absolute atomic E-state index is 12.2. The van der Waals surface area contributed by atoms with Crippen molar-refractivity contribution in [3.8, 4) is 0 Å². The number of hydrogen-bond acceptors (Lipinski definition) is 3. The van der Waals surface area contributed by atoms with Gasteiger partial charge in [-0.05, 0) is 35.7 Å². The van der Waals surface area contributed by atoms with Gasteiger partial charge in [-0.2, -0.15) is 0 Å². The maximum atomic E-state index is 12.2. The van der Waals surface area contributed by atoms with Crippen molar-refractivity contribution in [3.05, 3.63) is 63.6 Å². The molecular formula is C19H19ClN2O3. The highest BCUT2D eigenvalue weighted by molar-refractivity contribution is 6.31. The fraction of sp³-hybridized carbons (Fsp3) is 0.263. The van der Waals surface area contributed by atoms with E-state index in [0.717, 1.165) is 11.3 Å². The molecule has 0 bridgehead atoms. The van der Waals surface area contributed by atoms with Crippen LogP contribution in [-0.4, -0.2) is 10.5 Å². The minimum Gasteiger partial charge on any atom is -0.408 e. The SMILES string of the molecule is CC(C)c1cccc(NC(=O)CCn2c(=O)oc3cc(Cl)ccc32)c1. The van der Waals surface area contributed by atoms with Gasteiger partial charge >= 0.3 is 5.76 Å². The molecule has 0 spiro atoms. The average Bonchev–Trinajstić information content (AvgIpc) is 2.87. The second-order valence-corrected chi connectivity index (χ2v) is 6.65. The number of nitrogens with one attached hydrogen (secondary N) is 1. The zero-order chi connectivity index (χ0) is 18.0. The Bertz CT molecular complexity index is 972. The molecule has 0 saturated heterocycles. The number of anilines is 1. The zero-order valence-corrected chi connectivity index (χ0v) is 14.8. The van der Waals surface area contributed by atoms with Crippen LogP contribution in [0.4, 0.5) is 5.69 Å². The zero-order valence-electron chi connectivity index (χ0n) is 14.1. The van der Waals surface area contributed by atoms with E-state index in [1.807, 2.05) is 24.3 Å². The summed E-state index contributed by atoms with van der Waals surface area (Å²) >= 11 is 5.90. The number of oxazole rings is 1. The predicted molar refractivity (Wildman–Crippen MR) is 99.3 cm³/mol. The van der Waals surface area contributed by atoms with Gasteiger partial charge in [-0.1, -0.05) is 37.6 Å². The van der Waals surface area contributed by atoms with Gasteiger partial charge in [0, 0.05) is 29.7 Å². The molecule has 5 nitrogen and oxygen atoms in total. The lowest BCUT2D eigenvalue weighted by Gasteiger charge is -2.09. The van der Waals surface area contributed by atoms with Gasteiger partial charge in [0.2, 0.25) is 5.91 Å². The maximum Gasteiger partial charge on any atom is 0.419 e. The third-order valence-electron chi connectivity index (χ3n) is 4.03. The van der Waals surface area contributed by atoms with Crippen molar-refractivity contribution in [1.29, 1.82) is 0 Å². The first-order valence-corrected chi connectivity index (χ1v) is 8.50. The van der Waals surface area contributed by atoms with Crippen LogP contribution in [0.5, 0.6) is 0 Å². The number of benzene rings is 2. The fourth-order valence-electron chi connectivity index (χ4n) is 2.66. The van der Waals surface area contributed by atoms with Gasteiger partial charge in [0.05, 0.1) is 5.52 Å². The van der Waals surface area contributed by atoms with E-state index >= 15 is 0 Å². The van der Waals surface area contributed by atoms with E-state index in [2.05, 4.69) is 19.2 Å². The molecule has 1 aromatic heterocycles. The van der Waals surface area contributed by atoms with E-state index in [0.29, 0.717) is 22.0 Å². The van der Waals surface area contributed by atoms with E-state index in [1.54, 1.807) is 18.2 Å². The monoisotopic (exact) mass is 358 g/mol. The van der Waals surface area contributed by atoms with Crippen molar-refractivity contribution < 1.29 is 9.21 Å². The molecule has 130 valence electrons. The highest BCUT2D eigenvalue weighted by Gasteiger charge is 2.12. The van der Waals surface area contributed by atoms with E-state index < -0.39 is 5.76 Å². The van der Waals surface area contributed by atoms with Crippen LogP contribution in [0.2, 0.25) is 5.02 Å². The van der Waals surface area contributed by atoms with E-state index in [9.17, 15) is 9.59 Å². The molecule has 0 aliphatic heterocycles. The van der Waals surface area contributed by atoms with Crippen LogP contribution < -0.4 is 11.1 Å². The molecule has 0 saturated carbocycles. The molecule has 3 rings (SSSR count). The Morgan fingerprint density at radius 3 is 2.80 bits per heavy atom. The van der Waals surface area contributed by atoms with Crippen molar-refractivity contribution in [1.82, 2.24) is 4.57 Å². The lowest BCUT2D eigenvalue weighted by Crippen LogP contribution is -2.19. The van der Waals surface area contributed by atoms with E-state index in [4.69, 9.17) is 16.0 Å². The van der Waals surface area contributed by atoms with Crippen molar-refractivity contribution in [2.45, 2.75) is 32.7 Å². The highest BCUT2D eigenvalue weighted by atomic mass is 35.5. The molecule has 2 aromatic carbocycles. The van der Waals surface area contributed by atoms with E-state index in [-0.39, 0.29) is 18.9 Å². The quantitative estimate of drug-likeness (QED) is 0.735. The lowest BCUT2D eigenvalue weighted by atomic mass is 10.0. The van der Waals surface area contributed by atoms with Gasteiger partial charge in [-0.3, -0.25) is 9.36 Å². The number of carbonyl (C=O) groups excluding carboxylic acids is 1. The van der Waals surface area contributed by atoms with Crippen LogP contribution >= 0.6 is 11.6 Å². The second-order valence-electron chi connectivity index (χ2n) is 6.21. The smallest absolute Gasteiger partial charge is 0.408 e. The summed E-state index contributed by atoms with van der Waals surface area (Å²) in [6.45, 7) is 4.44. The largest absolute Gasteiger partial charge is 0.419 e. The highest BCUT2D eigenvalue weighted by Crippen LogP contribution is 2.20. The molecule has 6 heteroatoms. The summed E-state index contributed by atoms with van der Waals surface area (Å²) in [5.41, 5.74) is 2.96. The summed E-state index contributed by atoms with van der Waals surface area (Å²) in [5, 5.41) is 3.37. The third-order valence-corrected chi connectivity index (χ3v) is 4.26. The van der Waals surface area contributed by atoms with Gasteiger partial charge in [-0.25, -0.2) is 4.79 Å². The Hall–Kier alpha value is -2.53. The number of amides is 1. The number of aryl methyl sites for hydroxylation is 1. The summed E-state index contributed by atoms with van der Waals surface area (Å²) in [5.74, 6) is -0.262. The number of rotatable bonds is 5. The second kappa shape index (κ2) is 7.15. The van der Waals surface area contributed by atoms with Crippen molar-refractivity contribution >= 4 is 34.3 Å². The molecule has 0 aliphatic rings. The molecule has 0 atom stereocenters. The lowest BCUT2D eigenvalue weighted by molar-refractivity contribution is -0.116. The Morgan fingerprint density at radius 2 is 2.04 bits per heavy atom. The Kier molecular flexibility index (Phi) is 4.95. The standard InChI is InChI=1S/C19H19ClN2O3/c1-12(2)13-4-3-5-15(10-13)21-18(23)8-9-22-16-7-6-14(20)11-17(16)25-19(22)24/h3-7,10-12H,8-9H2,1-2H3,(H,21,23). The van der Waals surface area contributed by atoms with Gasteiger partial charge in [0.25, 0.3) is 0 Å². The molecule has 0 aliphatic carbocycles. The van der Waals surface area contributed by atoms with Gasteiger partial charge < -0.3 is 9.73 Å². The molecule has 0 unspecified atom stereocenters. The van der Waals surface area contributed by atoms with Crippen LogP contribution in [0, 0.1) is 0 Å². The fourth-order valence-corrected chi connectivity index (χ4v) is 2.83. The molecule has 25 heavy (non-hydrogen) atoms. The summed E-state index contributed by atoms with van der Waals surface area (Å²) in [6.07, 6.45) is 0.170. The molecule has 3 aromatic rings. The number of hydrogen-bond donors (Lipinski definition) is 1. The minimum atomic E-state index is -0.494. The average molecular weight is 359 g/mol. The summed E-state index contributed by atoms with van der Waals surface area (Å²) in [7, 11) is 0. The summed E-state index contributed by atoms with van der Waals surface area (Å²) < 4.78 is 6.60. The number of carbonyl (C=O) groups is 1. The van der Waals surface area contributed by atoms with Crippen molar-refractivity contribution in [2.24, 2.45) is 0 Å². The Labute approximate surface area is 150 Å². The molecular weight excluding hydrogens is 340 g/mol. The molecule has 0 radical (unpaired) electrons. The van der Waals surface area contributed by atoms with Crippen LogP contribution in [0.1, 0.15) is 31.7 Å². The van der Waals surface area contributed by atoms with Gasteiger partial charge in [0.1, 0.15) is 0 Å². The number of aromatic nitrogens is 1. The topological polar surface area (TPSA) is 64.2 Å². The number of nitrogens with zero attached hydrogens (tertiary/aromatic N) is 1. The molecule has 0 fully saturated rings. The predicted octanol–water partition coefficient (Wildman–Crippen LogP) is 4.40. The van der Waals surface area contributed by atoms with E-state index in [1.165, 1.54) is 4.57 Å². The summed E-state index contributed by atoms with van der Waals surface area (Å²) in [4.78, 5) is 24.2. The molecule has 1 amide bonds. The molecule has 1 N–H and O–H groups in total. The first kappa shape index (κ1) is 17.3. The van der Waals surface area contributed by atoms with Gasteiger partial charge in [0.15, 0.2) is 5.58 Å². The van der Waals surface area contributed by atoms with Crippen LogP contribution in [0.15, 0.2) is 51.7 Å².